The Hall–Kier alpha value is -2.86. The first-order valence-corrected chi connectivity index (χ1v) is 9.25. The SMILES string of the molecule is CCOc1cccc(/C=C2\NC(=S)N(c3ccc(C(C)C)cc3)C2=O)c1O. The van der Waals surface area contributed by atoms with Crippen LogP contribution in [0.25, 0.3) is 6.08 Å². The number of phenolic OH excluding ortho intramolecular Hbond substituents is 1. The smallest absolute Gasteiger partial charge is 0.281 e. The highest BCUT2D eigenvalue weighted by Crippen LogP contribution is 2.32. The molecular weight excluding hydrogens is 360 g/mol. The van der Waals surface area contributed by atoms with E-state index in [0.717, 1.165) is 0 Å². The van der Waals surface area contributed by atoms with Crippen LogP contribution in [0.2, 0.25) is 0 Å². The minimum atomic E-state index is -0.265. The minimum absolute atomic E-state index is 0.00731. The van der Waals surface area contributed by atoms with Gasteiger partial charge in [-0.2, -0.15) is 0 Å². The summed E-state index contributed by atoms with van der Waals surface area (Å²) >= 11 is 5.34. The molecule has 6 heteroatoms. The van der Waals surface area contributed by atoms with Gasteiger partial charge >= 0.3 is 0 Å². The van der Waals surface area contributed by atoms with E-state index in [0.29, 0.717) is 40.3 Å². The molecule has 0 radical (unpaired) electrons. The van der Waals surface area contributed by atoms with Crippen LogP contribution in [0.15, 0.2) is 48.2 Å². The number of carbonyl (C=O) groups is 1. The van der Waals surface area contributed by atoms with E-state index in [4.69, 9.17) is 17.0 Å². The molecule has 3 rings (SSSR count). The fourth-order valence-electron chi connectivity index (χ4n) is 2.86. The van der Waals surface area contributed by atoms with Gasteiger partial charge in [0.05, 0.1) is 12.3 Å². The Labute approximate surface area is 164 Å². The molecule has 0 unspecified atom stereocenters. The molecule has 5 nitrogen and oxygen atoms in total. The number of phenols is 1. The molecule has 0 aliphatic carbocycles. The van der Waals surface area contributed by atoms with Crippen molar-refractivity contribution in [1.82, 2.24) is 5.32 Å². The second kappa shape index (κ2) is 7.80. The van der Waals surface area contributed by atoms with Crippen molar-refractivity contribution in [2.75, 3.05) is 11.5 Å². The second-order valence-electron chi connectivity index (χ2n) is 6.50. The lowest BCUT2D eigenvalue weighted by atomic mass is 10.0. The third kappa shape index (κ3) is 3.80. The molecule has 0 aromatic heterocycles. The molecule has 2 N–H and O–H groups in total. The zero-order valence-electron chi connectivity index (χ0n) is 15.5. The van der Waals surface area contributed by atoms with Gasteiger partial charge in [-0.3, -0.25) is 9.69 Å². The van der Waals surface area contributed by atoms with Crippen LogP contribution >= 0.6 is 12.2 Å². The van der Waals surface area contributed by atoms with Crippen molar-refractivity contribution in [3.63, 3.8) is 0 Å². The van der Waals surface area contributed by atoms with E-state index in [1.165, 1.54) is 10.5 Å². The summed E-state index contributed by atoms with van der Waals surface area (Å²) in [6, 6.07) is 12.9. The van der Waals surface area contributed by atoms with E-state index in [1.807, 2.05) is 31.2 Å². The molecule has 27 heavy (non-hydrogen) atoms. The summed E-state index contributed by atoms with van der Waals surface area (Å²) in [4.78, 5) is 14.3. The Morgan fingerprint density at radius 1 is 1.22 bits per heavy atom. The fourth-order valence-corrected chi connectivity index (χ4v) is 3.16. The van der Waals surface area contributed by atoms with Crippen molar-refractivity contribution >= 4 is 35.0 Å². The van der Waals surface area contributed by atoms with Crippen LogP contribution in [0.5, 0.6) is 11.5 Å². The number of amides is 1. The molecule has 1 fully saturated rings. The van der Waals surface area contributed by atoms with E-state index in [1.54, 1.807) is 24.3 Å². The number of hydrogen-bond acceptors (Lipinski definition) is 4. The molecular formula is C21H22N2O3S. The van der Waals surface area contributed by atoms with Crippen LogP contribution in [0.3, 0.4) is 0 Å². The summed E-state index contributed by atoms with van der Waals surface area (Å²) in [7, 11) is 0. The number of ether oxygens (including phenoxy) is 1. The zero-order valence-corrected chi connectivity index (χ0v) is 16.3. The Bertz CT molecular complexity index is 904. The van der Waals surface area contributed by atoms with Gasteiger partial charge in [-0.25, -0.2) is 0 Å². The van der Waals surface area contributed by atoms with Gasteiger partial charge in [0.2, 0.25) is 0 Å². The lowest BCUT2D eigenvalue weighted by Gasteiger charge is -2.15. The second-order valence-corrected chi connectivity index (χ2v) is 6.89. The Morgan fingerprint density at radius 3 is 2.56 bits per heavy atom. The molecule has 0 spiro atoms. The predicted molar refractivity (Wildman–Crippen MR) is 111 cm³/mol. The van der Waals surface area contributed by atoms with Crippen LogP contribution in [-0.4, -0.2) is 22.7 Å². The summed E-state index contributed by atoms with van der Waals surface area (Å²) < 4.78 is 5.39. The van der Waals surface area contributed by atoms with Crippen molar-refractivity contribution in [2.45, 2.75) is 26.7 Å². The fraction of sp³-hybridized carbons (Fsp3) is 0.238. The number of para-hydroxylation sites is 1. The Kier molecular flexibility index (Phi) is 5.46. The minimum Gasteiger partial charge on any atom is -0.504 e. The number of aromatic hydroxyl groups is 1. The molecule has 1 amide bonds. The van der Waals surface area contributed by atoms with Gasteiger partial charge in [0, 0.05) is 5.56 Å². The molecule has 1 heterocycles. The van der Waals surface area contributed by atoms with Crippen LogP contribution < -0.4 is 15.0 Å². The topological polar surface area (TPSA) is 61.8 Å². The average molecular weight is 382 g/mol. The van der Waals surface area contributed by atoms with Crippen molar-refractivity contribution < 1.29 is 14.6 Å². The van der Waals surface area contributed by atoms with Crippen molar-refractivity contribution in [2.24, 2.45) is 0 Å². The monoisotopic (exact) mass is 382 g/mol. The van der Waals surface area contributed by atoms with Crippen LogP contribution in [0, 0.1) is 0 Å². The molecule has 0 atom stereocenters. The quantitative estimate of drug-likeness (QED) is 0.600. The number of carbonyl (C=O) groups excluding carboxylic acids is 1. The van der Waals surface area contributed by atoms with E-state index < -0.39 is 0 Å². The first kappa shape index (κ1) is 18.9. The highest BCUT2D eigenvalue weighted by molar-refractivity contribution is 7.80. The summed E-state index contributed by atoms with van der Waals surface area (Å²) in [5.41, 5.74) is 2.68. The number of nitrogens with one attached hydrogen (secondary N) is 1. The Morgan fingerprint density at radius 2 is 1.93 bits per heavy atom. The zero-order chi connectivity index (χ0) is 19.6. The maximum Gasteiger partial charge on any atom is 0.281 e. The molecule has 2 aromatic rings. The summed E-state index contributed by atoms with van der Waals surface area (Å²) in [6.07, 6.45) is 1.58. The van der Waals surface area contributed by atoms with Crippen LogP contribution in [0.1, 0.15) is 37.8 Å². The summed E-state index contributed by atoms with van der Waals surface area (Å²) in [6.45, 7) is 6.51. The van der Waals surface area contributed by atoms with Gasteiger partial charge in [-0.15, -0.1) is 0 Å². The number of thiocarbonyl (C=S) groups is 1. The van der Waals surface area contributed by atoms with Gasteiger partial charge in [0.25, 0.3) is 5.91 Å². The molecule has 0 bridgehead atoms. The lowest BCUT2D eigenvalue weighted by Crippen LogP contribution is -2.30. The number of hydrogen-bond donors (Lipinski definition) is 2. The first-order chi connectivity index (χ1) is 12.9. The molecule has 140 valence electrons. The number of nitrogens with zero attached hydrogens (tertiary/aromatic N) is 1. The maximum absolute atomic E-state index is 12.9. The van der Waals surface area contributed by atoms with Crippen molar-refractivity contribution in [1.29, 1.82) is 0 Å². The highest BCUT2D eigenvalue weighted by atomic mass is 32.1. The first-order valence-electron chi connectivity index (χ1n) is 8.84. The van der Waals surface area contributed by atoms with Gasteiger partial charge in [0.15, 0.2) is 16.6 Å². The summed E-state index contributed by atoms with van der Waals surface area (Å²) in [5.74, 6) is 0.515. The van der Waals surface area contributed by atoms with E-state index in [2.05, 4.69) is 19.2 Å². The molecule has 2 aromatic carbocycles. The summed E-state index contributed by atoms with van der Waals surface area (Å²) in [5, 5.41) is 13.6. The van der Waals surface area contributed by atoms with Gasteiger partial charge in [0.1, 0.15) is 5.70 Å². The largest absolute Gasteiger partial charge is 0.504 e. The van der Waals surface area contributed by atoms with E-state index in [9.17, 15) is 9.90 Å². The average Bonchev–Trinajstić information content (AvgIpc) is 2.92. The third-order valence-electron chi connectivity index (χ3n) is 4.33. The lowest BCUT2D eigenvalue weighted by molar-refractivity contribution is -0.113. The highest BCUT2D eigenvalue weighted by Gasteiger charge is 2.32. The van der Waals surface area contributed by atoms with E-state index >= 15 is 0 Å². The van der Waals surface area contributed by atoms with Crippen molar-refractivity contribution in [3.05, 3.63) is 59.3 Å². The maximum atomic E-state index is 12.9. The van der Waals surface area contributed by atoms with Crippen LogP contribution in [0.4, 0.5) is 5.69 Å². The molecule has 1 aliphatic heterocycles. The number of benzene rings is 2. The van der Waals surface area contributed by atoms with Gasteiger partial charge < -0.3 is 15.2 Å². The van der Waals surface area contributed by atoms with Crippen molar-refractivity contribution in [3.8, 4) is 11.5 Å². The number of rotatable bonds is 5. The van der Waals surface area contributed by atoms with Gasteiger partial charge in [-0.1, -0.05) is 38.1 Å². The predicted octanol–water partition coefficient (Wildman–Crippen LogP) is 4.18. The van der Waals surface area contributed by atoms with Gasteiger partial charge in [-0.05, 0) is 54.9 Å². The standard InChI is InChI=1S/C21H22N2O3S/c1-4-26-18-7-5-6-15(19(18)24)12-17-20(25)23(21(27)22-17)16-10-8-14(9-11-16)13(2)3/h5-13,24H,4H2,1-3H3,(H,22,27)/b17-12-. The van der Waals surface area contributed by atoms with Crippen LogP contribution in [-0.2, 0) is 4.79 Å². The normalized spacial score (nSPS) is 15.6. The molecule has 1 aliphatic rings. The number of anilines is 1. The van der Waals surface area contributed by atoms with E-state index in [-0.39, 0.29) is 11.7 Å². The molecule has 0 saturated carbocycles. The third-order valence-corrected chi connectivity index (χ3v) is 4.61. The molecule has 1 saturated heterocycles. The Balaban J connectivity index is 1.90.